The molecule has 1 saturated heterocycles. The van der Waals surface area contributed by atoms with Gasteiger partial charge in [-0.2, -0.15) is 13.2 Å². The number of likely N-dealkylation sites (tertiary alicyclic amines) is 1. The van der Waals surface area contributed by atoms with E-state index in [0.29, 0.717) is 30.1 Å². The van der Waals surface area contributed by atoms with Gasteiger partial charge in [0.1, 0.15) is 6.10 Å². The van der Waals surface area contributed by atoms with Crippen molar-refractivity contribution in [2.75, 3.05) is 13.1 Å². The Labute approximate surface area is 206 Å². The van der Waals surface area contributed by atoms with Crippen LogP contribution in [0.4, 0.5) is 13.2 Å². The van der Waals surface area contributed by atoms with Gasteiger partial charge in [-0.3, -0.25) is 4.90 Å². The highest BCUT2D eigenvalue weighted by Crippen LogP contribution is 2.67. The average molecular weight is 501 g/mol. The third-order valence-electron chi connectivity index (χ3n) is 9.40. The number of hydrogen-bond acceptors (Lipinski definition) is 6. The molecule has 1 unspecified atom stereocenters. The van der Waals surface area contributed by atoms with Gasteiger partial charge < -0.3 is 20.2 Å². The van der Waals surface area contributed by atoms with Gasteiger partial charge in [0.05, 0.1) is 28.2 Å². The lowest BCUT2D eigenvalue weighted by molar-refractivity contribution is -0.170. The summed E-state index contributed by atoms with van der Waals surface area (Å²) in [6.07, 6.45) is -1.57. The standard InChI is InChI=1S/C27H27F3N2O4/c28-27(29,30)17-6-3-15(4-7-17)21-18(31-35)12-26(34)20-11-16-5-8-19(33)23-22(16)25(26,24(21)36-23)9-10-32(20)13-14-1-2-14/h3-8,14,20-21,24,33-35H,1-2,9-13H2/t20-,21?,24+,25+,26-/m1/s1. The van der Waals surface area contributed by atoms with Crippen molar-refractivity contribution in [2.45, 2.75) is 67.4 Å². The lowest BCUT2D eigenvalue weighted by Gasteiger charge is -2.64. The van der Waals surface area contributed by atoms with Gasteiger partial charge in [0.15, 0.2) is 11.5 Å². The second-order valence-corrected chi connectivity index (χ2v) is 11.2. The highest BCUT2D eigenvalue weighted by molar-refractivity contribution is 5.95. The van der Waals surface area contributed by atoms with Crippen molar-refractivity contribution in [3.63, 3.8) is 0 Å². The minimum Gasteiger partial charge on any atom is -0.504 e. The second kappa shape index (κ2) is 7.16. The number of nitrogens with zero attached hydrogens (tertiary/aromatic N) is 2. The molecule has 2 aromatic rings. The summed E-state index contributed by atoms with van der Waals surface area (Å²) in [7, 11) is 0. The van der Waals surface area contributed by atoms with E-state index in [-0.39, 0.29) is 23.9 Å². The van der Waals surface area contributed by atoms with Gasteiger partial charge >= 0.3 is 6.18 Å². The number of halogens is 3. The Balaban J connectivity index is 1.40. The molecule has 0 aromatic heterocycles. The summed E-state index contributed by atoms with van der Waals surface area (Å²) in [6.45, 7) is 1.66. The molecule has 7 rings (SSSR count). The first-order valence-electron chi connectivity index (χ1n) is 12.5. The van der Waals surface area contributed by atoms with Gasteiger partial charge in [0, 0.05) is 24.6 Å². The van der Waals surface area contributed by atoms with Crippen molar-refractivity contribution < 1.29 is 33.3 Å². The summed E-state index contributed by atoms with van der Waals surface area (Å²) >= 11 is 0. The first-order chi connectivity index (χ1) is 17.2. The van der Waals surface area contributed by atoms with Crippen LogP contribution in [0.3, 0.4) is 0 Å². The predicted octanol–water partition coefficient (Wildman–Crippen LogP) is 4.20. The molecule has 0 amide bonds. The Morgan fingerprint density at radius 3 is 2.53 bits per heavy atom. The number of phenolic OH excluding ortho intramolecular Hbond substituents is 1. The summed E-state index contributed by atoms with van der Waals surface area (Å²) in [5.74, 6) is 0.268. The van der Waals surface area contributed by atoms with Crippen molar-refractivity contribution >= 4 is 5.71 Å². The lowest BCUT2D eigenvalue weighted by atomic mass is 9.46. The average Bonchev–Trinajstić information content (AvgIpc) is 3.59. The van der Waals surface area contributed by atoms with Crippen LogP contribution in [-0.4, -0.2) is 56.9 Å². The Morgan fingerprint density at radius 2 is 1.86 bits per heavy atom. The fourth-order valence-electron chi connectivity index (χ4n) is 7.67. The van der Waals surface area contributed by atoms with Crippen LogP contribution in [-0.2, 0) is 18.0 Å². The Morgan fingerprint density at radius 1 is 1.11 bits per heavy atom. The normalized spacial score (nSPS) is 36.0. The molecule has 2 saturated carbocycles. The molecule has 3 N–H and O–H groups in total. The van der Waals surface area contributed by atoms with Gasteiger partial charge in [-0.1, -0.05) is 23.4 Å². The minimum atomic E-state index is -4.47. The Kier molecular flexibility index (Phi) is 4.46. The van der Waals surface area contributed by atoms with Gasteiger partial charge in [-0.25, -0.2) is 0 Å². The van der Waals surface area contributed by atoms with Crippen molar-refractivity contribution in [1.29, 1.82) is 0 Å². The van der Waals surface area contributed by atoms with Crippen molar-refractivity contribution in [3.05, 3.63) is 58.7 Å². The summed E-state index contributed by atoms with van der Waals surface area (Å²) in [6, 6.07) is 8.14. The molecule has 2 aromatic carbocycles. The summed E-state index contributed by atoms with van der Waals surface area (Å²) in [4.78, 5) is 2.36. The number of oxime groups is 1. The fraction of sp³-hybridized carbons (Fsp3) is 0.519. The molecule has 0 radical (unpaired) electrons. The first-order valence-corrected chi connectivity index (χ1v) is 12.5. The van der Waals surface area contributed by atoms with E-state index in [1.807, 2.05) is 6.07 Å². The maximum atomic E-state index is 13.2. The highest BCUT2D eigenvalue weighted by atomic mass is 19.4. The lowest BCUT2D eigenvalue weighted by Crippen LogP contribution is -2.77. The first kappa shape index (κ1) is 22.4. The smallest absolute Gasteiger partial charge is 0.416 e. The number of alkyl halides is 3. The third kappa shape index (κ3) is 2.78. The van der Waals surface area contributed by atoms with Crippen molar-refractivity contribution in [3.8, 4) is 11.5 Å². The monoisotopic (exact) mass is 500 g/mol. The summed E-state index contributed by atoms with van der Waals surface area (Å²) in [5, 5.41) is 37.0. The van der Waals surface area contributed by atoms with E-state index in [4.69, 9.17) is 4.74 Å². The van der Waals surface area contributed by atoms with E-state index in [9.17, 15) is 28.6 Å². The minimum absolute atomic E-state index is 0.0209. The van der Waals surface area contributed by atoms with Crippen LogP contribution in [0.2, 0.25) is 0 Å². The van der Waals surface area contributed by atoms with Gasteiger partial charge in [-0.15, -0.1) is 0 Å². The number of aromatic hydroxyl groups is 1. The zero-order valence-corrected chi connectivity index (χ0v) is 19.5. The van der Waals surface area contributed by atoms with Crippen LogP contribution in [0.5, 0.6) is 11.5 Å². The van der Waals surface area contributed by atoms with Gasteiger partial charge in [-0.05, 0) is 67.5 Å². The van der Waals surface area contributed by atoms with Crippen LogP contribution in [0.1, 0.15) is 53.9 Å². The maximum Gasteiger partial charge on any atom is 0.416 e. The molecule has 3 fully saturated rings. The molecule has 5 aliphatic rings. The van der Waals surface area contributed by atoms with Gasteiger partial charge in [0.2, 0.25) is 0 Å². The molecule has 1 spiro atoms. The maximum absolute atomic E-state index is 13.2. The van der Waals surface area contributed by atoms with Crippen LogP contribution in [0.15, 0.2) is 41.6 Å². The molecule has 3 aliphatic carbocycles. The third-order valence-corrected chi connectivity index (χ3v) is 9.40. The Hall–Kier alpha value is -2.78. The molecule has 36 heavy (non-hydrogen) atoms. The van der Waals surface area contributed by atoms with E-state index in [2.05, 4.69) is 10.1 Å². The molecule has 190 valence electrons. The molecular formula is C27H27F3N2O4. The van der Waals surface area contributed by atoms with E-state index < -0.39 is 34.8 Å². The fourth-order valence-corrected chi connectivity index (χ4v) is 7.67. The second-order valence-electron chi connectivity index (χ2n) is 11.2. The van der Waals surface area contributed by atoms with Crippen molar-refractivity contribution in [1.82, 2.24) is 4.90 Å². The number of phenols is 1. The number of piperidine rings is 1. The van der Waals surface area contributed by atoms with Crippen LogP contribution in [0, 0.1) is 5.92 Å². The summed E-state index contributed by atoms with van der Waals surface area (Å²) in [5.41, 5.74) is -0.300. The van der Waals surface area contributed by atoms with Gasteiger partial charge in [0.25, 0.3) is 0 Å². The number of rotatable bonds is 3. The van der Waals surface area contributed by atoms with Crippen LogP contribution >= 0.6 is 0 Å². The largest absolute Gasteiger partial charge is 0.504 e. The van der Waals surface area contributed by atoms with Crippen molar-refractivity contribution in [2.24, 2.45) is 11.1 Å². The molecule has 2 aliphatic heterocycles. The topological polar surface area (TPSA) is 85.5 Å². The summed E-state index contributed by atoms with van der Waals surface area (Å²) < 4.78 is 46.2. The molecule has 5 atom stereocenters. The number of hydrogen-bond donors (Lipinski definition) is 3. The Bertz CT molecular complexity index is 1280. The molecule has 9 heteroatoms. The molecule has 6 nitrogen and oxygen atoms in total. The van der Waals surface area contributed by atoms with E-state index >= 15 is 0 Å². The zero-order chi connectivity index (χ0) is 25.0. The molecule has 2 heterocycles. The number of ether oxygens (including phenoxy) is 1. The molecular weight excluding hydrogens is 473 g/mol. The van der Waals surface area contributed by atoms with E-state index in [1.54, 1.807) is 6.07 Å². The van der Waals surface area contributed by atoms with Crippen LogP contribution in [0.25, 0.3) is 0 Å². The SMILES string of the molecule is ON=C1C[C@@]2(O)[C@H]3Cc4ccc(O)c5c4[C@@]2(CCN3CC2CC2)[C@@H](O5)C1c1ccc(C(F)(F)F)cc1. The number of aliphatic hydroxyl groups is 1. The zero-order valence-electron chi connectivity index (χ0n) is 19.5. The van der Waals surface area contributed by atoms with Crippen LogP contribution < -0.4 is 4.74 Å². The van der Waals surface area contributed by atoms with E-state index in [1.165, 1.54) is 25.0 Å². The highest BCUT2D eigenvalue weighted by Gasteiger charge is 2.74. The predicted molar refractivity (Wildman–Crippen MR) is 124 cm³/mol. The number of benzene rings is 2. The molecule has 2 bridgehead atoms. The van der Waals surface area contributed by atoms with E-state index in [0.717, 1.165) is 36.3 Å². The quantitative estimate of drug-likeness (QED) is 0.435.